The van der Waals surface area contributed by atoms with Gasteiger partial charge in [-0.15, -0.1) is 0 Å². The maximum Gasteiger partial charge on any atom is 0.446 e. The van der Waals surface area contributed by atoms with Gasteiger partial charge in [0, 0.05) is 11.4 Å². The highest BCUT2D eigenvalue weighted by Crippen LogP contribution is 2.36. The molecule has 0 aliphatic rings. The Morgan fingerprint density at radius 3 is 2.33 bits per heavy atom. The Morgan fingerprint density at radius 1 is 1.22 bits per heavy atom. The fraction of sp³-hybridized carbons (Fsp3) is 0.500. The van der Waals surface area contributed by atoms with Crippen LogP contribution in [0.15, 0.2) is 29.2 Å². The lowest BCUT2D eigenvalue weighted by molar-refractivity contribution is -0.0328. The van der Waals surface area contributed by atoms with Crippen LogP contribution in [0.1, 0.15) is 12.0 Å². The molecule has 0 atom stereocenters. The summed E-state index contributed by atoms with van der Waals surface area (Å²) in [5.41, 5.74) is 2.19. The molecule has 102 valence electrons. The normalized spacial score (nSPS) is 12.1. The van der Waals surface area contributed by atoms with Crippen LogP contribution in [-0.2, 0) is 6.54 Å². The lowest BCUT2D eigenvalue weighted by Crippen LogP contribution is -2.21. The highest BCUT2D eigenvalue weighted by Gasteiger charge is 2.28. The molecular formula is C12H17F3N2S. The zero-order valence-corrected chi connectivity index (χ0v) is 11.0. The summed E-state index contributed by atoms with van der Waals surface area (Å²) in [7, 11) is 1.97. The van der Waals surface area contributed by atoms with Crippen LogP contribution in [0.25, 0.3) is 0 Å². The van der Waals surface area contributed by atoms with Gasteiger partial charge in [0.15, 0.2) is 0 Å². The van der Waals surface area contributed by atoms with Crippen molar-refractivity contribution in [3.8, 4) is 0 Å². The molecule has 0 aliphatic heterocycles. The standard InChI is InChI=1S/C12H17F3N2S/c1-17(8-2-7-16)9-10-3-5-11(6-4-10)18-12(13,14)15/h3-6H,2,7-9,16H2,1H3. The predicted octanol–water partition coefficient (Wildman–Crippen LogP) is 3.08. The summed E-state index contributed by atoms with van der Waals surface area (Å²) >= 11 is -0.0879. The Morgan fingerprint density at radius 2 is 1.83 bits per heavy atom. The van der Waals surface area contributed by atoms with Crippen LogP contribution in [0.4, 0.5) is 13.2 Å². The second-order valence-corrected chi connectivity index (χ2v) is 5.21. The number of rotatable bonds is 6. The fourth-order valence-corrected chi connectivity index (χ4v) is 2.09. The average molecular weight is 278 g/mol. The van der Waals surface area contributed by atoms with E-state index < -0.39 is 5.51 Å². The molecule has 6 heteroatoms. The molecule has 1 aromatic rings. The molecule has 0 saturated carbocycles. The van der Waals surface area contributed by atoms with Crippen LogP contribution in [0, 0.1) is 0 Å². The summed E-state index contributed by atoms with van der Waals surface area (Å²) in [5.74, 6) is 0. The Kier molecular flexibility index (Phi) is 5.98. The summed E-state index contributed by atoms with van der Waals surface area (Å²) < 4.78 is 36.4. The van der Waals surface area contributed by atoms with E-state index in [2.05, 4.69) is 4.90 Å². The molecule has 0 radical (unpaired) electrons. The first kappa shape index (κ1) is 15.3. The summed E-state index contributed by atoms with van der Waals surface area (Å²) in [6, 6.07) is 6.47. The first-order valence-electron chi connectivity index (χ1n) is 5.64. The maximum absolute atomic E-state index is 12.1. The highest BCUT2D eigenvalue weighted by atomic mass is 32.2. The Labute approximate surface area is 109 Å². The average Bonchev–Trinajstić information content (AvgIpc) is 2.27. The monoisotopic (exact) mass is 278 g/mol. The molecule has 0 unspecified atom stereocenters. The fourth-order valence-electron chi connectivity index (χ4n) is 1.55. The molecule has 0 spiro atoms. The van der Waals surface area contributed by atoms with Gasteiger partial charge in [-0.05, 0) is 56.0 Å². The van der Waals surface area contributed by atoms with E-state index >= 15 is 0 Å². The Bertz CT molecular complexity index is 351. The Hall–Kier alpha value is -0.720. The van der Waals surface area contributed by atoms with E-state index in [9.17, 15) is 13.2 Å². The topological polar surface area (TPSA) is 29.3 Å². The van der Waals surface area contributed by atoms with Crippen LogP contribution < -0.4 is 5.73 Å². The third-order valence-electron chi connectivity index (χ3n) is 2.35. The van der Waals surface area contributed by atoms with E-state index in [0.29, 0.717) is 6.54 Å². The van der Waals surface area contributed by atoms with Crippen molar-refractivity contribution in [2.45, 2.75) is 23.4 Å². The second kappa shape index (κ2) is 7.01. The number of benzene rings is 1. The molecule has 0 saturated heterocycles. The van der Waals surface area contributed by atoms with Crippen molar-refractivity contribution in [2.75, 3.05) is 20.1 Å². The smallest absolute Gasteiger partial charge is 0.330 e. The molecule has 1 rings (SSSR count). The summed E-state index contributed by atoms with van der Waals surface area (Å²) in [6.07, 6.45) is 0.915. The maximum atomic E-state index is 12.1. The van der Waals surface area contributed by atoms with Gasteiger partial charge in [-0.1, -0.05) is 12.1 Å². The first-order chi connectivity index (χ1) is 8.40. The summed E-state index contributed by atoms with van der Waals surface area (Å²) in [5, 5.41) is 0. The van der Waals surface area contributed by atoms with Crippen LogP contribution in [0.5, 0.6) is 0 Å². The van der Waals surface area contributed by atoms with Gasteiger partial charge in [0.2, 0.25) is 0 Å². The summed E-state index contributed by atoms with van der Waals surface area (Å²) in [4.78, 5) is 2.31. The van der Waals surface area contributed by atoms with Crippen LogP contribution in [-0.4, -0.2) is 30.5 Å². The molecule has 2 nitrogen and oxygen atoms in total. The molecule has 2 N–H and O–H groups in total. The SMILES string of the molecule is CN(CCCN)Cc1ccc(SC(F)(F)F)cc1. The minimum absolute atomic E-state index is 0.0879. The molecular weight excluding hydrogens is 261 g/mol. The van der Waals surface area contributed by atoms with Gasteiger partial charge in [0.25, 0.3) is 0 Å². The van der Waals surface area contributed by atoms with Gasteiger partial charge in [-0.2, -0.15) is 13.2 Å². The number of alkyl halides is 3. The van der Waals surface area contributed by atoms with Crippen molar-refractivity contribution in [1.29, 1.82) is 0 Å². The van der Waals surface area contributed by atoms with Gasteiger partial charge >= 0.3 is 5.51 Å². The number of thioether (sulfide) groups is 1. The lowest BCUT2D eigenvalue weighted by Gasteiger charge is -2.16. The third kappa shape index (κ3) is 6.28. The van der Waals surface area contributed by atoms with Crippen molar-refractivity contribution < 1.29 is 13.2 Å². The van der Waals surface area contributed by atoms with Gasteiger partial charge in [-0.25, -0.2) is 0 Å². The van der Waals surface area contributed by atoms with Crippen LogP contribution in [0.3, 0.4) is 0 Å². The number of nitrogens with two attached hydrogens (primary N) is 1. The van der Waals surface area contributed by atoms with E-state index in [1.807, 2.05) is 7.05 Å². The summed E-state index contributed by atoms with van der Waals surface area (Å²) in [6.45, 7) is 2.25. The van der Waals surface area contributed by atoms with Crippen LogP contribution >= 0.6 is 11.8 Å². The highest BCUT2D eigenvalue weighted by molar-refractivity contribution is 8.00. The van der Waals surface area contributed by atoms with E-state index in [1.165, 1.54) is 12.1 Å². The first-order valence-corrected chi connectivity index (χ1v) is 6.45. The van der Waals surface area contributed by atoms with Gasteiger partial charge in [0.05, 0.1) is 0 Å². The van der Waals surface area contributed by atoms with Gasteiger partial charge in [0.1, 0.15) is 0 Å². The van der Waals surface area contributed by atoms with E-state index in [0.717, 1.165) is 25.1 Å². The molecule has 18 heavy (non-hydrogen) atoms. The third-order valence-corrected chi connectivity index (χ3v) is 3.09. The minimum atomic E-state index is -4.22. The van der Waals surface area contributed by atoms with Crippen LogP contribution in [0.2, 0.25) is 0 Å². The number of halogens is 3. The molecule has 0 bridgehead atoms. The van der Waals surface area contributed by atoms with Gasteiger partial charge in [-0.3, -0.25) is 0 Å². The largest absolute Gasteiger partial charge is 0.446 e. The van der Waals surface area contributed by atoms with Gasteiger partial charge < -0.3 is 10.6 Å². The Balaban J connectivity index is 2.50. The van der Waals surface area contributed by atoms with Crippen molar-refractivity contribution in [1.82, 2.24) is 4.90 Å². The molecule has 0 aromatic heterocycles. The van der Waals surface area contributed by atoms with Crippen molar-refractivity contribution >= 4 is 11.8 Å². The molecule has 1 aromatic carbocycles. The van der Waals surface area contributed by atoms with Crippen molar-refractivity contribution in [3.05, 3.63) is 29.8 Å². The zero-order valence-electron chi connectivity index (χ0n) is 10.2. The molecule has 0 aliphatic carbocycles. The predicted molar refractivity (Wildman–Crippen MR) is 68.4 cm³/mol. The lowest BCUT2D eigenvalue weighted by atomic mass is 10.2. The zero-order chi connectivity index (χ0) is 13.6. The molecule has 0 fully saturated rings. The van der Waals surface area contributed by atoms with E-state index in [4.69, 9.17) is 5.73 Å². The van der Waals surface area contributed by atoms with E-state index in [-0.39, 0.29) is 16.7 Å². The quantitative estimate of drug-likeness (QED) is 0.811. The number of nitrogens with zero attached hydrogens (tertiary/aromatic N) is 1. The van der Waals surface area contributed by atoms with Crippen molar-refractivity contribution in [2.24, 2.45) is 5.73 Å². The van der Waals surface area contributed by atoms with E-state index in [1.54, 1.807) is 12.1 Å². The number of hydrogen-bond acceptors (Lipinski definition) is 3. The molecule has 0 amide bonds. The number of hydrogen-bond donors (Lipinski definition) is 1. The molecule has 0 heterocycles. The second-order valence-electron chi connectivity index (χ2n) is 4.07. The van der Waals surface area contributed by atoms with Crippen molar-refractivity contribution in [3.63, 3.8) is 0 Å². The minimum Gasteiger partial charge on any atom is -0.330 e.